The van der Waals surface area contributed by atoms with Gasteiger partial charge in [-0.25, -0.2) is 9.18 Å². The van der Waals surface area contributed by atoms with Crippen LogP contribution in [0.25, 0.3) is 0 Å². The molecule has 2 amide bonds. The highest BCUT2D eigenvalue weighted by atomic mass is 35.5. The van der Waals surface area contributed by atoms with Crippen LogP contribution in [0.15, 0.2) is 18.2 Å². The Hall–Kier alpha value is -1.33. The number of ether oxygens (including phenoxy) is 1. The van der Waals surface area contributed by atoms with Crippen molar-refractivity contribution in [3.05, 3.63) is 29.0 Å². The molecule has 0 aliphatic carbocycles. The van der Waals surface area contributed by atoms with E-state index < -0.39 is 5.82 Å². The first-order valence-electron chi connectivity index (χ1n) is 5.75. The van der Waals surface area contributed by atoms with Gasteiger partial charge in [-0.2, -0.15) is 0 Å². The second-order valence-electron chi connectivity index (χ2n) is 4.11. The summed E-state index contributed by atoms with van der Waals surface area (Å²) >= 11 is 5.81. The molecule has 1 heterocycles. The lowest BCUT2D eigenvalue weighted by Crippen LogP contribution is -2.41. The molecule has 0 bridgehead atoms. The highest BCUT2D eigenvalue weighted by Gasteiger charge is 2.16. The van der Waals surface area contributed by atoms with Gasteiger partial charge < -0.3 is 15.4 Å². The van der Waals surface area contributed by atoms with Crippen LogP contribution in [0.1, 0.15) is 12.8 Å². The minimum Gasteiger partial charge on any atom is -0.381 e. The molecule has 1 saturated heterocycles. The van der Waals surface area contributed by atoms with Crippen LogP contribution in [-0.4, -0.2) is 25.3 Å². The van der Waals surface area contributed by atoms with E-state index in [1.165, 1.54) is 12.1 Å². The lowest BCUT2D eigenvalue weighted by atomic mass is 10.1. The van der Waals surface area contributed by atoms with Gasteiger partial charge in [0.2, 0.25) is 0 Å². The Kier molecular flexibility index (Phi) is 4.38. The molecule has 98 valence electrons. The van der Waals surface area contributed by atoms with Crippen molar-refractivity contribution >= 4 is 23.3 Å². The van der Waals surface area contributed by atoms with Crippen LogP contribution in [-0.2, 0) is 4.74 Å². The van der Waals surface area contributed by atoms with Crippen LogP contribution in [0.5, 0.6) is 0 Å². The Morgan fingerprint density at radius 1 is 1.39 bits per heavy atom. The van der Waals surface area contributed by atoms with Crippen LogP contribution in [0.3, 0.4) is 0 Å². The van der Waals surface area contributed by atoms with Gasteiger partial charge in [-0.05, 0) is 31.0 Å². The van der Waals surface area contributed by atoms with E-state index >= 15 is 0 Å². The molecule has 1 aromatic rings. The zero-order valence-corrected chi connectivity index (χ0v) is 10.5. The second-order valence-corrected chi connectivity index (χ2v) is 4.52. The summed E-state index contributed by atoms with van der Waals surface area (Å²) in [7, 11) is 0. The molecule has 0 unspecified atom stereocenters. The number of urea groups is 1. The lowest BCUT2D eigenvalue weighted by molar-refractivity contribution is 0.0806. The molecular formula is C12H14ClFN2O2. The minimum atomic E-state index is -0.435. The number of hydrogen-bond acceptors (Lipinski definition) is 2. The number of anilines is 1. The third-order valence-electron chi connectivity index (χ3n) is 2.74. The number of rotatable bonds is 2. The molecule has 2 N–H and O–H groups in total. The molecule has 0 saturated carbocycles. The molecule has 1 aliphatic heterocycles. The van der Waals surface area contributed by atoms with E-state index in [1.54, 1.807) is 0 Å². The summed E-state index contributed by atoms with van der Waals surface area (Å²) < 4.78 is 18.0. The molecule has 6 heteroatoms. The Balaban J connectivity index is 1.90. The number of halogens is 2. The molecule has 2 rings (SSSR count). The number of nitrogens with one attached hydrogen (secondary N) is 2. The zero-order chi connectivity index (χ0) is 13.0. The fourth-order valence-corrected chi connectivity index (χ4v) is 1.99. The van der Waals surface area contributed by atoms with E-state index in [4.69, 9.17) is 16.3 Å². The van der Waals surface area contributed by atoms with E-state index in [0.29, 0.717) is 18.9 Å². The highest BCUT2D eigenvalue weighted by molar-refractivity contribution is 6.33. The predicted molar refractivity (Wildman–Crippen MR) is 67.4 cm³/mol. The standard InChI is InChI=1S/C12H14ClFN2O2/c13-10-7-8(14)1-2-11(10)16-12(17)15-9-3-5-18-6-4-9/h1-2,7,9H,3-6H2,(H2,15,16,17). The van der Waals surface area contributed by atoms with Crippen LogP contribution < -0.4 is 10.6 Å². The van der Waals surface area contributed by atoms with E-state index in [0.717, 1.165) is 18.9 Å². The number of amides is 2. The van der Waals surface area contributed by atoms with Crippen molar-refractivity contribution in [3.63, 3.8) is 0 Å². The van der Waals surface area contributed by atoms with Gasteiger partial charge in [-0.3, -0.25) is 0 Å². The molecular weight excluding hydrogens is 259 g/mol. The fraction of sp³-hybridized carbons (Fsp3) is 0.417. The van der Waals surface area contributed by atoms with E-state index in [9.17, 15) is 9.18 Å². The Labute approximate surface area is 109 Å². The van der Waals surface area contributed by atoms with E-state index in [2.05, 4.69) is 10.6 Å². The Morgan fingerprint density at radius 3 is 2.78 bits per heavy atom. The van der Waals surface area contributed by atoms with E-state index in [1.807, 2.05) is 0 Å². The first kappa shape index (κ1) is 13.1. The van der Waals surface area contributed by atoms with Gasteiger partial charge >= 0.3 is 6.03 Å². The summed E-state index contributed by atoms with van der Waals surface area (Å²) in [6.45, 7) is 1.31. The summed E-state index contributed by atoms with van der Waals surface area (Å²) in [5, 5.41) is 5.60. The molecule has 0 radical (unpaired) electrons. The molecule has 1 aliphatic rings. The Bertz CT molecular complexity index is 436. The van der Waals surface area contributed by atoms with Crippen LogP contribution in [0.2, 0.25) is 5.02 Å². The first-order chi connectivity index (χ1) is 8.65. The molecule has 0 aromatic heterocycles. The molecule has 1 aromatic carbocycles. The van der Waals surface area contributed by atoms with Crippen LogP contribution in [0, 0.1) is 5.82 Å². The number of carbonyl (C=O) groups is 1. The normalized spacial score (nSPS) is 16.3. The molecule has 0 spiro atoms. The van der Waals surface area contributed by atoms with Crippen molar-refractivity contribution in [2.75, 3.05) is 18.5 Å². The fourth-order valence-electron chi connectivity index (χ4n) is 1.78. The van der Waals surface area contributed by atoms with Crippen LogP contribution >= 0.6 is 11.6 Å². The summed E-state index contributed by atoms with van der Waals surface area (Å²) in [5.41, 5.74) is 0.391. The largest absolute Gasteiger partial charge is 0.381 e. The number of hydrogen-bond donors (Lipinski definition) is 2. The summed E-state index contributed by atoms with van der Waals surface area (Å²) in [5.74, 6) is -0.435. The maximum atomic E-state index is 12.8. The van der Waals surface area contributed by atoms with Crippen molar-refractivity contribution in [1.82, 2.24) is 5.32 Å². The quantitative estimate of drug-likeness (QED) is 0.870. The van der Waals surface area contributed by atoms with E-state index in [-0.39, 0.29) is 17.1 Å². The van der Waals surface area contributed by atoms with Gasteiger partial charge in [0.1, 0.15) is 5.82 Å². The third-order valence-corrected chi connectivity index (χ3v) is 3.05. The summed E-state index contributed by atoms with van der Waals surface area (Å²) in [6.07, 6.45) is 1.59. The molecule has 0 atom stereocenters. The van der Waals surface area contributed by atoms with Crippen molar-refractivity contribution < 1.29 is 13.9 Å². The smallest absolute Gasteiger partial charge is 0.319 e. The third kappa shape index (κ3) is 3.58. The van der Waals surface area contributed by atoms with Gasteiger partial charge in [0.25, 0.3) is 0 Å². The lowest BCUT2D eigenvalue weighted by Gasteiger charge is -2.23. The average Bonchev–Trinajstić information content (AvgIpc) is 2.34. The Morgan fingerprint density at radius 2 is 2.11 bits per heavy atom. The van der Waals surface area contributed by atoms with Gasteiger partial charge in [-0.15, -0.1) is 0 Å². The number of benzene rings is 1. The molecule has 4 nitrogen and oxygen atoms in total. The molecule has 1 fully saturated rings. The zero-order valence-electron chi connectivity index (χ0n) is 9.71. The van der Waals surface area contributed by atoms with Crippen LogP contribution in [0.4, 0.5) is 14.9 Å². The topological polar surface area (TPSA) is 50.4 Å². The highest BCUT2D eigenvalue weighted by Crippen LogP contribution is 2.22. The number of carbonyl (C=O) groups excluding carboxylic acids is 1. The van der Waals surface area contributed by atoms with Gasteiger partial charge in [0.05, 0.1) is 10.7 Å². The van der Waals surface area contributed by atoms with Gasteiger partial charge in [-0.1, -0.05) is 11.6 Å². The first-order valence-corrected chi connectivity index (χ1v) is 6.13. The minimum absolute atomic E-state index is 0.109. The van der Waals surface area contributed by atoms with Crippen molar-refractivity contribution in [3.8, 4) is 0 Å². The van der Waals surface area contributed by atoms with Crippen molar-refractivity contribution in [2.24, 2.45) is 0 Å². The van der Waals surface area contributed by atoms with Crippen molar-refractivity contribution in [1.29, 1.82) is 0 Å². The summed E-state index contributed by atoms with van der Waals surface area (Å²) in [6, 6.07) is 3.61. The SMILES string of the molecule is O=C(Nc1ccc(F)cc1Cl)NC1CCOCC1. The van der Waals surface area contributed by atoms with Crippen molar-refractivity contribution in [2.45, 2.75) is 18.9 Å². The van der Waals surface area contributed by atoms with Gasteiger partial charge in [0, 0.05) is 19.3 Å². The molecule has 18 heavy (non-hydrogen) atoms. The van der Waals surface area contributed by atoms with Gasteiger partial charge in [0.15, 0.2) is 0 Å². The monoisotopic (exact) mass is 272 g/mol. The maximum Gasteiger partial charge on any atom is 0.319 e. The summed E-state index contributed by atoms with van der Waals surface area (Å²) in [4.78, 5) is 11.7. The predicted octanol–water partition coefficient (Wildman–Crippen LogP) is 2.78. The average molecular weight is 273 g/mol. The second kappa shape index (κ2) is 6.02. The maximum absolute atomic E-state index is 12.8.